The van der Waals surface area contributed by atoms with Crippen molar-refractivity contribution in [1.82, 2.24) is 0 Å². The third-order valence-corrected chi connectivity index (χ3v) is 3.93. The van der Waals surface area contributed by atoms with Gasteiger partial charge in [0.1, 0.15) is 0 Å². The van der Waals surface area contributed by atoms with Crippen molar-refractivity contribution in [2.24, 2.45) is 0 Å². The van der Waals surface area contributed by atoms with Gasteiger partial charge in [0.05, 0.1) is 0 Å². The van der Waals surface area contributed by atoms with Gasteiger partial charge in [0.25, 0.3) is 0 Å². The Labute approximate surface area is 108 Å². The fourth-order valence-electron chi connectivity index (χ4n) is 1.18. The first-order valence-corrected chi connectivity index (χ1v) is 4.90. The second-order valence-electron chi connectivity index (χ2n) is 3.45. The molecule has 0 nitrogen and oxygen atoms in total. The first-order valence-electron chi connectivity index (χ1n) is 3.77. The summed E-state index contributed by atoms with van der Waals surface area (Å²) in [4.78, 5) is 0. The van der Waals surface area contributed by atoms with Crippen LogP contribution < -0.4 is 0 Å². The van der Waals surface area contributed by atoms with Gasteiger partial charge in [0, 0.05) is 0 Å². The number of hydrogen-bond acceptors (Lipinski definition) is 0. The number of rotatable bonds is 0. The van der Waals surface area contributed by atoms with Crippen molar-refractivity contribution in [2.75, 3.05) is 0 Å². The normalized spacial score (nSPS) is 50.0. The zero-order valence-electron chi connectivity index (χ0n) is 7.54. The molecule has 0 aliphatic heterocycles. The van der Waals surface area contributed by atoms with Gasteiger partial charge in [-0.15, -0.1) is 0 Å². The average molecular weight is 349 g/mol. The summed E-state index contributed by atoms with van der Waals surface area (Å²) in [6.45, 7) is 0. The summed E-state index contributed by atoms with van der Waals surface area (Å²) < 4.78 is 116. The van der Waals surface area contributed by atoms with Crippen LogP contribution in [0, 0.1) is 0 Å². The predicted molar refractivity (Wildman–Crippen MR) is 43.9 cm³/mol. The van der Waals surface area contributed by atoms with E-state index in [1.54, 1.807) is 0 Å². The Bertz CT molecular complexity index is 257. The average Bonchev–Trinajstić information content (AvgIpc) is 2.14. The topological polar surface area (TPSA) is 0 Å². The maximum atomic E-state index is 13.1. The molecule has 0 aromatic carbocycles. The van der Waals surface area contributed by atoms with Crippen LogP contribution in [0.5, 0.6) is 0 Å². The second kappa shape index (κ2) is 3.46. The molecule has 0 bridgehead atoms. The van der Waals surface area contributed by atoms with E-state index < -0.39 is 33.2 Å². The molecule has 0 saturated heterocycles. The largest absolute Gasteiger partial charge is 0.368 e. The molecule has 1 aliphatic rings. The summed E-state index contributed by atoms with van der Waals surface area (Å²) in [6.07, 6.45) is 0. The summed E-state index contributed by atoms with van der Waals surface area (Å²) in [5.74, 6) is -19.2. The number of alkyl halides is 12. The van der Waals surface area contributed by atoms with Crippen molar-refractivity contribution >= 4 is 34.8 Å². The summed E-state index contributed by atoms with van der Waals surface area (Å²) in [6, 6.07) is 0. The molecule has 18 heavy (non-hydrogen) atoms. The molecule has 0 radical (unpaired) electrons. The van der Waals surface area contributed by atoms with E-state index in [1.807, 2.05) is 0 Å². The Kier molecular flexibility index (Phi) is 3.13. The molecule has 1 saturated carbocycles. The fourth-order valence-corrected chi connectivity index (χ4v) is 1.97. The summed E-state index contributed by atoms with van der Waals surface area (Å²) >= 11 is 12.1. The molecule has 3 atom stereocenters. The highest BCUT2D eigenvalue weighted by Crippen LogP contribution is 2.71. The van der Waals surface area contributed by atoms with Crippen LogP contribution in [-0.2, 0) is 0 Å². The minimum Gasteiger partial charge on any atom is -0.214 e. The van der Waals surface area contributed by atoms with E-state index in [-0.39, 0.29) is 0 Å². The molecule has 0 heterocycles. The minimum atomic E-state index is -6.52. The van der Waals surface area contributed by atoms with E-state index in [2.05, 4.69) is 34.8 Å². The monoisotopic (exact) mass is 348 g/mol. The molecule has 0 aromatic heterocycles. The molecule has 1 rings (SSSR count). The highest BCUT2D eigenvalue weighted by molar-refractivity contribution is 6.36. The van der Waals surface area contributed by atoms with Crippen LogP contribution in [0.2, 0.25) is 0 Å². The Hall–Kier alpha value is 0.240. The quantitative estimate of drug-likeness (QED) is 0.442. The van der Waals surface area contributed by atoms with Gasteiger partial charge in [-0.05, 0) is 0 Å². The van der Waals surface area contributed by atoms with Gasteiger partial charge in [-0.2, -0.15) is 26.3 Å². The van der Waals surface area contributed by atoms with E-state index in [4.69, 9.17) is 0 Å². The van der Waals surface area contributed by atoms with Gasteiger partial charge >= 0.3 is 33.2 Å². The van der Waals surface area contributed by atoms with Gasteiger partial charge in [-0.25, -0.2) is 13.2 Å². The van der Waals surface area contributed by atoms with Crippen LogP contribution in [0.3, 0.4) is 0 Å². The standard InChI is InChI=1S/C6Cl3F9/c7-1(10)2(8,11)5(15,16)6(17,18)3(9,12)4(1,13)14/t1-,2-,3+/m0/s1. The van der Waals surface area contributed by atoms with Crippen LogP contribution in [0.1, 0.15) is 0 Å². The first-order chi connectivity index (χ1) is 7.50. The van der Waals surface area contributed by atoms with Crippen molar-refractivity contribution < 1.29 is 39.5 Å². The highest BCUT2D eigenvalue weighted by atomic mass is 35.5. The van der Waals surface area contributed by atoms with Crippen molar-refractivity contribution in [3.05, 3.63) is 0 Å². The van der Waals surface area contributed by atoms with Crippen LogP contribution in [-0.4, -0.2) is 33.2 Å². The molecular weight excluding hydrogens is 349 g/mol. The highest BCUT2D eigenvalue weighted by Gasteiger charge is 2.98. The maximum Gasteiger partial charge on any atom is 0.368 e. The molecular formula is C6Cl3F9. The molecule has 0 amide bonds. The van der Waals surface area contributed by atoms with Gasteiger partial charge in [0.15, 0.2) is 0 Å². The van der Waals surface area contributed by atoms with Crippen LogP contribution in [0.4, 0.5) is 39.5 Å². The van der Waals surface area contributed by atoms with Crippen molar-refractivity contribution in [1.29, 1.82) is 0 Å². The van der Waals surface area contributed by atoms with Crippen molar-refractivity contribution in [2.45, 2.75) is 33.2 Å². The Morgan fingerprint density at radius 3 is 0.944 bits per heavy atom. The third kappa shape index (κ3) is 1.28. The predicted octanol–water partition coefficient (Wildman–Crippen LogP) is 4.62. The molecule has 108 valence electrons. The lowest BCUT2D eigenvalue weighted by molar-refractivity contribution is -0.383. The van der Waals surface area contributed by atoms with Crippen LogP contribution >= 0.6 is 34.8 Å². The molecule has 12 heteroatoms. The Morgan fingerprint density at radius 1 is 0.389 bits per heavy atom. The first kappa shape index (κ1) is 16.3. The van der Waals surface area contributed by atoms with Gasteiger partial charge in [-0.3, -0.25) is 0 Å². The molecule has 1 aliphatic carbocycles. The number of halogens is 12. The van der Waals surface area contributed by atoms with Crippen molar-refractivity contribution in [3.63, 3.8) is 0 Å². The smallest absolute Gasteiger partial charge is 0.214 e. The lowest BCUT2D eigenvalue weighted by atomic mass is 9.83. The lowest BCUT2D eigenvalue weighted by Crippen LogP contribution is -2.81. The number of hydrogen-bond donors (Lipinski definition) is 0. The van der Waals surface area contributed by atoms with Gasteiger partial charge < -0.3 is 0 Å². The molecule has 1 fully saturated rings. The fraction of sp³-hybridized carbons (Fsp3) is 1.00. The molecule has 0 aromatic rings. The third-order valence-electron chi connectivity index (χ3n) is 2.37. The minimum absolute atomic E-state index is 3.96. The van der Waals surface area contributed by atoms with Crippen LogP contribution in [0.15, 0.2) is 0 Å². The van der Waals surface area contributed by atoms with Gasteiger partial charge in [0.2, 0.25) is 0 Å². The van der Waals surface area contributed by atoms with E-state index in [9.17, 15) is 39.5 Å². The zero-order valence-corrected chi connectivity index (χ0v) is 9.80. The van der Waals surface area contributed by atoms with E-state index >= 15 is 0 Å². The van der Waals surface area contributed by atoms with E-state index in [1.165, 1.54) is 0 Å². The maximum absolute atomic E-state index is 13.1. The molecule has 0 unspecified atom stereocenters. The van der Waals surface area contributed by atoms with E-state index in [0.29, 0.717) is 0 Å². The van der Waals surface area contributed by atoms with Crippen LogP contribution in [0.25, 0.3) is 0 Å². The molecule has 0 N–H and O–H groups in total. The molecule has 0 spiro atoms. The Morgan fingerprint density at radius 2 is 0.611 bits per heavy atom. The summed E-state index contributed by atoms with van der Waals surface area (Å²) in [5, 5.41) is -17.5. The summed E-state index contributed by atoms with van der Waals surface area (Å²) in [7, 11) is 0. The van der Waals surface area contributed by atoms with Gasteiger partial charge in [-0.1, -0.05) is 34.8 Å². The zero-order chi connectivity index (χ0) is 15.0. The SMILES string of the molecule is FC1(F)C(F)(F)[C@](F)(Cl)[C@@](F)(Cl)C(F)(F)[C@]1(F)Cl. The van der Waals surface area contributed by atoms with E-state index in [0.717, 1.165) is 0 Å². The Balaban J connectivity index is 3.72. The lowest BCUT2D eigenvalue weighted by Gasteiger charge is -2.51. The van der Waals surface area contributed by atoms with Crippen molar-refractivity contribution in [3.8, 4) is 0 Å². The second-order valence-corrected chi connectivity index (χ2v) is 5.01. The summed E-state index contributed by atoms with van der Waals surface area (Å²) in [5.41, 5.74) is 0.